The molecule has 1 saturated heterocycles. The molecule has 0 amide bonds. The fourth-order valence-corrected chi connectivity index (χ4v) is 1.61. The van der Waals surface area contributed by atoms with Gasteiger partial charge >= 0.3 is 0 Å². The largest absolute Gasteiger partial charge is 0.312 e. The van der Waals surface area contributed by atoms with Gasteiger partial charge in [-0.15, -0.1) is 0 Å². The lowest BCUT2D eigenvalue weighted by molar-refractivity contribution is 0.282. The summed E-state index contributed by atoms with van der Waals surface area (Å²) >= 11 is 0. The molecule has 1 aliphatic rings. The first-order valence-electron chi connectivity index (χ1n) is 4.69. The molecule has 1 heterocycles. The van der Waals surface area contributed by atoms with Crippen LogP contribution in [0.4, 0.5) is 0 Å². The van der Waals surface area contributed by atoms with Crippen molar-refractivity contribution in [3.8, 4) is 6.07 Å². The Kier molecular flexibility index (Phi) is 4.06. The Morgan fingerprint density at radius 1 is 1.67 bits per heavy atom. The van der Waals surface area contributed by atoms with Crippen molar-refractivity contribution in [3.63, 3.8) is 0 Å². The highest BCUT2D eigenvalue weighted by atomic mass is 15.2. The van der Waals surface area contributed by atoms with Crippen molar-refractivity contribution in [2.75, 3.05) is 26.2 Å². The second-order valence-corrected chi connectivity index (χ2v) is 3.26. The van der Waals surface area contributed by atoms with Gasteiger partial charge in [-0.3, -0.25) is 0 Å². The number of hydrogen-bond donors (Lipinski definition) is 1. The van der Waals surface area contributed by atoms with E-state index in [4.69, 9.17) is 5.26 Å². The highest BCUT2D eigenvalue weighted by Crippen LogP contribution is 2.02. The molecular formula is C9H17N3. The van der Waals surface area contributed by atoms with E-state index in [2.05, 4.69) is 23.2 Å². The van der Waals surface area contributed by atoms with Crippen LogP contribution in [0.2, 0.25) is 0 Å². The molecule has 12 heavy (non-hydrogen) atoms. The van der Waals surface area contributed by atoms with Gasteiger partial charge in [-0.1, -0.05) is 6.92 Å². The van der Waals surface area contributed by atoms with Crippen LogP contribution in [0.3, 0.4) is 0 Å². The number of hydrogen-bond acceptors (Lipinski definition) is 3. The van der Waals surface area contributed by atoms with E-state index in [1.807, 2.05) is 0 Å². The van der Waals surface area contributed by atoms with Crippen LogP contribution in [-0.2, 0) is 0 Å². The van der Waals surface area contributed by atoms with E-state index in [0.29, 0.717) is 12.5 Å². The van der Waals surface area contributed by atoms with E-state index < -0.39 is 0 Å². The van der Waals surface area contributed by atoms with Crippen molar-refractivity contribution < 1.29 is 0 Å². The summed E-state index contributed by atoms with van der Waals surface area (Å²) in [6, 6.07) is 2.61. The van der Waals surface area contributed by atoms with Crippen LogP contribution in [0.5, 0.6) is 0 Å². The second-order valence-electron chi connectivity index (χ2n) is 3.26. The van der Waals surface area contributed by atoms with Crippen LogP contribution in [-0.4, -0.2) is 37.1 Å². The SMILES string of the molecule is CCN1CCCNC(CC#N)C1. The van der Waals surface area contributed by atoms with Crippen molar-refractivity contribution >= 4 is 0 Å². The first-order chi connectivity index (χ1) is 5.86. The predicted molar refractivity (Wildman–Crippen MR) is 48.8 cm³/mol. The first kappa shape index (κ1) is 9.50. The minimum absolute atomic E-state index is 0.387. The van der Waals surface area contributed by atoms with E-state index in [1.165, 1.54) is 13.0 Å². The van der Waals surface area contributed by atoms with Crippen LogP contribution in [0.15, 0.2) is 0 Å². The summed E-state index contributed by atoms with van der Waals surface area (Å²) < 4.78 is 0. The summed E-state index contributed by atoms with van der Waals surface area (Å²) in [5, 5.41) is 11.9. The number of nitrogens with one attached hydrogen (secondary N) is 1. The van der Waals surface area contributed by atoms with Crippen molar-refractivity contribution in [1.82, 2.24) is 10.2 Å². The predicted octanol–water partition coefficient (Wildman–Crippen LogP) is 0.584. The zero-order chi connectivity index (χ0) is 8.81. The van der Waals surface area contributed by atoms with Gasteiger partial charge < -0.3 is 10.2 Å². The summed E-state index contributed by atoms with van der Waals surface area (Å²) in [5.74, 6) is 0. The topological polar surface area (TPSA) is 39.1 Å². The molecule has 0 aromatic rings. The molecule has 3 heteroatoms. The van der Waals surface area contributed by atoms with Gasteiger partial charge in [0.1, 0.15) is 0 Å². The van der Waals surface area contributed by atoms with Crippen molar-refractivity contribution in [2.24, 2.45) is 0 Å². The second kappa shape index (κ2) is 5.13. The van der Waals surface area contributed by atoms with Gasteiger partial charge in [0.05, 0.1) is 12.5 Å². The fraction of sp³-hybridized carbons (Fsp3) is 0.889. The molecule has 0 aliphatic carbocycles. The summed E-state index contributed by atoms with van der Waals surface area (Å²) in [6.45, 7) is 6.54. The molecule has 0 bridgehead atoms. The maximum Gasteiger partial charge on any atom is 0.0638 e. The fourth-order valence-electron chi connectivity index (χ4n) is 1.61. The maximum atomic E-state index is 8.56. The molecule has 1 N–H and O–H groups in total. The molecule has 0 aromatic carbocycles. The number of nitrogens with zero attached hydrogens (tertiary/aromatic N) is 2. The zero-order valence-electron chi connectivity index (χ0n) is 7.71. The minimum Gasteiger partial charge on any atom is -0.312 e. The molecule has 1 aliphatic heterocycles. The molecule has 3 nitrogen and oxygen atoms in total. The lowest BCUT2D eigenvalue weighted by Gasteiger charge is -2.20. The standard InChI is InChI=1S/C9H17N3/c1-2-12-7-3-6-11-9(8-12)4-5-10/h9,11H,2-4,6-8H2,1H3. The average molecular weight is 167 g/mol. The Balaban J connectivity index is 2.37. The Labute approximate surface area is 74.4 Å². The summed E-state index contributed by atoms with van der Waals surface area (Å²) in [6.07, 6.45) is 1.84. The molecule has 1 atom stereocenters. The molecule has 1 rings (SSSR count). The normalized spacial score (nSPS) is 26.2. The highest BCUT2D eigenvalue weighted by molar-refractivity contribution is 4.84. The van der Waals surface area contributed by atoms with E-state index in [1.54, 1.807) is 0 Å². The molecule has 0 spiro atoms. The smallest absolute Gasteiger partial charge is 0.0638 e. The minimum atomic E-state index is 0.387. The van der Waals surface area contributed by atoms with Crippen molar-refractivity contribution in [3.05, 3.63) is 0 Å². The highest BCUT2D eigenvalue weighted by Gasteiger charge is 2.15. The third-order valence-corrected chi connectivity index (χ3v) is 2.35. The van der Waals surface area contributed by atoms with Gasteiger partial charge in [0.25, 0.3) is 0 Å². The van der Waals surface area contributed by atoms with Gasteiger partial charge in [0, 0.05) is 12.6 Å². The third kappa shape index (κ3) is 2.80. The van der Waals surface area contributed by atoms with E-state index in [9.17, 15) is 0 Å². The molecular weight excluding hydrogens is 150 g/mol. The molecule has 0 radical (unpaired) electrons. The zero-order valence-corrected chi connectivity index (χ0v) is 7.71. The number of likely N-dealkylation sites (N-methyl/N-ethyl adjacent to an activating group) is 1. The molecule has 1 fully saturated rings. The first-order valence-corrected chi connectivity index (χ1v) is 4.69. The Bertz CT molecular complexity index is 162. The molecule has 68 valence electrons. The van der Waals surface area contributed by atoms with Gasteiger partial charge in [-0.2, -0.15) is 5.26 Å². The van der Waals surface area contributed by atoms with Crippen LogP contribution in [0, 0.1) is 11.3 Å². The molecule has 0 saturated carbocycles. The Morgan fingerprint density at radius 2 is 2.50 bits per heavy atom. The lowest BCUT2D eigenvalue weighted by Crippen LogP contribution is -2.37. The Hall–Kier alpha value is -0.590. The third-order valence-electron chi connectivity index (χ3n) is 2.35. The van der Waals surface area contributed by atoms with Crippen molar-refractivity contribution in [1.29, 1.82) is 5.26 Å². The van der Waals surface area contributed by atoms with E-state index in [0.717, 1.165) is 19.6 Å². The monoisotopic (exact) mass is 167 g/mol. The summed E-state index contributed by atoms with van der Waals surface area (Å²) in [7, 11) is 0. The van der Waals surface area contributed by atoms with Crippen LogP contribution in [0.25, 0.3) is 0 Å². The molecule has 1 unspecified atom stereocenters. The Morgan fingerprint density at radius 3 is 3.17 bits per heavy atom. The van der Waals surface area contributed by atoms with Crippen LogP contribution < -0.4 is 5.32 Å². The number of rotatable bonds is 2. The van der Waals surface area contributed by atoms with Crippen LogP contribution >= 0.6 is 0 Å². The van der Waals surface area contributed by atoms with Gasteiger partial charge in [-0.05, 0) is 26.1 Å². The van der Waals surface area contributed by atoms with Crippen molar-refractivity contribution in [2.45, 2.75) is 25.8 Å². The van der Waals surface area contributed by atoms with Gasteiger partial charge in [-0.25, -0.2) is 0 Å². The quantitative estimate of drug-likeness (QED) is 0.654. The average Bonchev–Trinajstić information content (AvgIpc) is 2.30. The maximum absolute atomic E-state index is 8.56. The summed E-state index contributed by atoms with van der Waals surface area (Å²) in [4.78, 5) is 2.40. The lowest BCUT2D eigenvalue weighted by atomic mass is 10.2. The molecule has 0 aromatic heterocycles. The van der Waals surface area contributed by atoms with E-state index >= 15 is 0 Å². The van der Waals surface area contributed by atoms with Crippen LogP contribution in [0.1, 0.15) is 19.8 Å². The summed E-state index contributed by atoms with van der Waals surface area (Å²) in [5.41, 5.74) is 0. The van der Waals surface area contributed by atoms with Gasteiger partial charge in [0.2, 0.25) is 0 Å². The van der Waals surface area contributed by atoms with Gasteiger partial charge in [0.15, 0.2) is 0 Å². The van der Waals surface area contributed by atoms with E-state index in [-0.39, 0.29) is 0 Å². The number of nitriles is 1.